The maximum atomic E-state index is 11.8. The van der Waals surface area contributed by atoms with Crippen molar-refractivity contribution in [2.75, 3.05) is 13.2 Å². The smallest absolute Gasteiger partial charge is 0.246 e. The lowest BCUT2D eigenvalue weighted by Gasteiger charge is -2.20. The summed E-state index contributed by atoms with van der Waals surface area (Å²) < 4.78 is 5.48. The van der Waals surface area contributed by atoms with Gasteiger partial charge in [-0.25, -0.2) is 0 Å². The zero-order chi connectivity index (χ0) is 15.5. The van der Waals surface area contributed by atoms with Gasteiger partial charge in [0.15, 0.2) is 5.78 Å². The summed E-state index contributed by atoms with van der Waals surface area (Å²) >= 11 is 0. The first kappa shape index (κ1) is 19.1. The van der Waals surface area contributed by atoms with Gasteiger partial charge in [0.1, 0.15) is 6.61 Å². The van der Waals surface area contributed by atoms with E-state index in [2.05, 4.69) is 19.2 Å². The van der Waals surface area contributed by atoms with Gasteiger partial charge >= 0.3 is 0 Å². The van der Waals surface area contributed by atoms with E-state index in [1.165, 1.54) is 19.8 Å². The largest absolute Gasteiger partial charge is 0.371 e. The van der Waals surface area contributed by atoms with Gasteiger partial charge in [0.2, 0.25) is 5.91 Å². The number of ketones is 1. The van der Waals surface area contributed by atoms with Crippen LogP contribution >= 0.6 is 0 Å². The van der Waals surface area contributed by atoms with Crippen molar-refractivity contribution in [3.05, 3.63) is 0 Å². The molecular formula is C16H31NO3. The van der Waals surface area contributed by atoms with Gasteiger partial charge in [-0.1, -0.05) is 47.0 Å². The number of carbonyl (C=O) groups excluding carboxylic acids is 2. The molecule has 2 unspecified atom stereocenters. The molecule has 0 rings (SSSR count). The molecule has 4 heteroatoms. The van der Waals surface area contributed by atoms with E-state index in [-0.39, 0.29) is 24.2 Å². The molecule has 0 spiro atoms. The van der Waals surface area contributed by atoms with Crippen molar-refractivity contribution >= 4 is 11.7 Å². The number of unbranched alkanes of at least 4 members (excludes halogenated alkanes) is 1. The van der Waals surface area contributed by atoms with Crippen molar-refractivity contribution in [1.82, 2.24) is 5.32 Å². The Labute approximate surface area is 123 Å². The Hall–Kier alpha value is -0.900. The minimum Gasteiger partial charge on any atom is -0.371 e. The van der Waals surface area contributed by atoms with Crippen LogP contribution in [0.2, 0.25) is 0 Å². The molecule has 0 aliphatic heterocycles. The molecule has 0 aromatic heterocycles. The molecule has 118 valence electrons. The van der Waals surface area contributed by atoms with E-state index in [1.54, 1.807) is 0 Å². The molecule has 4 nitrogen and oxygen atoms in total. The highest BCUT2D eigenvalue weighted by molar-refractivity contribution is 5.88. The lowest BCUT2D eigenvalue weighted by molar-refractivity contribution is -0.131. The van der Waals surface area contributed by atoms with E-state index in [0.29, 0.717) is 12.5 Å². The minimum absolute atomic E-state index is 0.0114. The van der Waals surface area contributed by atoms with Crippen LogP contribution in [0.5, 0.6) is 0 Å². The van der Waals surface area contributed by atoms with Crippen LogP contribution in [-0.4, -0.2) is 30.9 Å². The molecule has 0 heterocycles. The molecule has 0 fully saturated rings. The summed E-state index contributed by atoms with van der Waals surface area (Å²) in [5, 5.41) is 2.74. The summed E-state index contributed by atoms with van der Waals surface area (Å²) in [5.41, 5.74) is 0. The fraction of sp³-hybridized carbons (Fsp3) is 0.875. The van der Waals surface area contributed by atoms with Gasteiger partial charge in [0.05, 0.1) is 12.6 Å². The maximum Gasteiger partial charge on any atom is 0.246 e. The van der Waals surface area contributed by atoms with Crippen molar-refractivity contribution in [3.8, 4) is 0 Å². The average molecular weight is 285 g/mol. The van der Waals surface area contributed by atoms with E-state index in [4.69, 9.17) is 4.74 Å². The number of Topliss-reactive ketones (excluding diaryl/α,β-unsaturated/α-hetero) is 1. The van der Waals surface area contributed by atoms with Crippen LogP contribution in [0.4, 0.5) is 0 Å². The van der Waals surface area contributed by atoms with Crippen molar-refractivity contribution in [2.45, 2.75) is 66.3 Å². The molecule has 0 radical (unpaired) electrons. The van der Waals surface area contributed by atoms with Crippen LogP contribution in [-0.2, 0) is 14.3 Å². The van der Waals surface area contributed by atoms with E-state index in [9.17, 15) is 9.59 Å². The SMILES string of the molecule is CCCCC(CC)COCC(=O)NC(C(C)=O)C(C)C. The lowest BCUT2D eigenvalue weighted by Crippen LogP contribution is -2.44. The Bertz CT molecular complexity index is 289. The molecule has 0 saturated heterocycles. The summed E-state index contributed by atoms with van der Waals surface area (Å²) in [6.45, 7) is 10.3. The van der Waals surface area contributed by atoms with Gasteiger partial charge in [0.25, 0.3) is 0 Å². The molecule has 0 saturated carbocycles. The van der Waals surface area contributed by atoms with Gasteiger partial charge in [-0.05, 0) is 25.2 Å². The summed E-state index contributed by atoms with van der Waals surface area (Å²) in [6, 6.07) is -0.409. The van der Waals surface area contributed by atoms with Crippen molar-refractivity contribution < 1.29 is 14.3 Å². The summed E-state index contributed by atoms with van der Waals surface area (Å²) in [7, 11) is 0. The molecule has 20 heavy (non-hydrogen) atoms. The first-order chi connectivity index (χ1) is 9.42. The van der Waals surface area contributed by atoms with Crippen LogP contribution in [0.1, 0.15) is 60.3 Å². The zero-order valence-corrected chi connectivity index (χ0v) is 13.7. The zero-order valence-electron chi connectivity index (χ0n) is 13.7. The Morgan fingerprint density at radius 2 is 1.85 bits per heavy atom. The Morgan fingerprint density at radius 1 is 1.20 bits per heavy atom. The fourth-order valence-corrected chi connectivity index (χ4v) is 2.17. The van der Waals surface area contributed by atoms with Crippen molar-refractivity contribution in [2.24, 2.45) is 11.8 Å². The van der Waals surface area contributed by atoms with E-state index in [1.807, 2.05) is 13.8 Å². The summed E-state index contributed by atoms with van der Waals surface area (Å²) in [5.74, 6) is 0.410. The molecule has 0 aromatic rings. The first-order valence-corrected chi connectivity index (χ1v) is 7.79. The van der Waals surface area contributed by atoms with E-state index >= 15 is 0 Å². The summed E-state index contributed by atoms with van der Waals surface area (Å²) in [6.07, 6.45) is 4.61. The quantitative estimate of drug-likeness (QED) is 0.635. The highest BCUT2D eigenvalue weighted by Crippen LogP contribution is 2.12. The highest BCUT2D eigenvalue weighted by Gasteiger charge is 2.20. The van der Waals surface area contributed by atoms with E-state index < -0.39 is 6.04 Å². The molecule has 0 aliphatic carbocycles. The van der Waals surface area contributed by atoms with Crippen LogP contribution in [0.3, 0.4) is 0 Å². The predicted octanol–water partition coefficient (Wildman–Crippen LogP) is 2.95. The standard InChI is InChI=1S/C16H31NO3/c1-6-8-9-14(7-2)10-20-11-15(19)17-16(12(3)4)13(5)18/h12,14,16H,6-11H2,1-5H3,(H,17,19). The van der Waals surface area contributed by atoms with Crippen LogP contribution < -0.4 is 5.32 Å². The molecular weight excluding hydrogens is 254 g/mol. The number of hydrogen-bond donors (Lipinski definition) is 1. The van der Waals surface area contributed by atoms with Gasteiger partial charge < -0.3 is 10.1 Å². The second kappa shape index (κ2) is 10.8. The van der Waals surface area contributed by atoms with Gasteiger partial charge in [-0.3, -0.25) is 9.59 Å². The third kappa shape index (κ3) is 8.31. The van der Waals surface area contributed by atoms with Crippen molar-refractivity contribution in [3.63, 3.8) is 0 Å². The Kier molecular flexibility index (Phi) is 10.3. The fourth-order valence-electron chi connectivity index (χ4n) is 2.17. The third-order valence-corrected chi connectivity index (χ3v) is 3.55. The average Bonchev–Trinajstić information content (AvgIpc) is 2.39. The molecule has 2 atom stereocenters. The maximum absolute atomic E-state index is 11.8. The van der Waals surface area contributed by atoms with Gasteiger partial charge in [-0.15, -0.1) is 0 Å². The number of ether oxygens (including phenoxy) is 1. The summed E-state index contributed by atoms with van der Waals surface area (Å²) in [4.78, 5) is 23.2. The third-order valence-electron chi connectivity index (χ3n) is 3.55. The predicted molar refractivity (Wildman–Crippen MR) is 81.6 cm³/mol. The number of nitrogens with one attached hydrogen (secondary N) is 1. The first-order valence-electron chi connectivity index (χ1n) is 7.79. The minimum atomic E-state index is -0.409. The monoisotopic (exact) mass is 285 g/mol. The highest BCUT2D eigenvalue weighted by atomic mass is 16.5. The molecule has 1 amide bonds. The van der Waals surface area contributed by atoms with Gasteiger partial charge in [-0.2, -0.15) is 0 Å². The number of carbonyl (C=O) groups is 2. The van der Waals surface area contributed by atoms with Crippen LogP contribution in [0, 0.1) is 11.8 Å². The second-order valence-electron chi connectivity index (χ2n) is 5.83. The van der Waals surface area contributed by atoms with Crippen molar-refractivity contribution in [1.29, 1.82) is 0 Å². The van der Waals surface area contributed by atoms with Gasteiger partial charge in [0, 0.05) is 0 Å². The number of hydrogen-bond acceptors (Lipinski definition) is 3. The number of amides is 1. The Morgan fingerprint density at radius 3 is 2.30 bits per heavy atom. The molecule has 0 aromatic carbocycles. The Balaban J connectivity index is 4.00. The normalized spacial score (nSPS) is 14.1. The number of rotatable bonds is 11. The van der Waals surface area contributed by atoms with Crippen LogP contribution in [0.15, 0.2) is 0 Å². The molecule has 0 aliphatic rings. The lowest BCUT2D eigenvalue weighted by atomic mass is 10.0. The molecule has 1 N–H and O–H groups in total. The van der Waals surface area contributed by atoms with E-state index in [0.717, 1.165) is 12.8 Å². The topological polar surface area (TPSA) is 55.4 Å². The second-order valence-corrected chi connectivity index (χ2v) is 5.83. The molecule has 0 bridgehead atoms. The van der Waals surface area contributed by atoms with Crippen LogP contribution in [0.25, 0.3) is 0 Å².